The first-order valence-electron chi connectivity index (χ1n) is 4.64. The highest BCUT2D eigenvalue weighted by Crippen LogP contribution is 2.27. The van der Waals surface area contributed by atoms with Gasteiger partial charge in [-0.25, -0.2) is 4.98 Å². The highest BCUT2D eigenvalue weighted by molar-refractivity contribution is 5.89. The van der Waals surface area contributed by atoms with Crippen LogP contribution in [0.25, 0.3) is 10.8 Å². The zero-order valence-electron chi connectivity index (χ0n) is 8.66. The van der Waals surface area contributed by atoms with Gasteiger partial charge in [-0.05, 0) is 30.9 Å². The summed E-state index contributed by atoms with van der Waals surface area (Å²) in [6.45, 7) is 4.09. The van der Waals surface area contributed by atoms with Gasteiger partial charge in [-0.3, -0.25) is 0 Å². The monoisotopic (exact) mass is 187 g/mol. The maximum Gasteiger partial charge on any atom is 0.221 e. The van der Waals surface area contributed by atoms with Crippen LogP contribution in [-0.4, -0.2) is 12.1 Å². The molecule has 0 fully saturated rings. The summed E-state index contributed by atoms with van der Waals surface area (Å²) in [6, 6.07) is 8.17. The summed E-state index contributed by atoms with van der Waals surface area (Å²) in [7, 11) is 1.66. The number of hydrogen-bond acceptors (Lipinski definition) is 2. The minimum Gasteiger partial charge on any atom is -0.481 e. The third kappa shape index (κ3) is 1.23. The number of hydrogen-bond donors (Lipinski definition) is 0. The molecule has 14 heavy (non-hydrogen) atoms. The summed E-state index contributed by atoms with van der Waals surface area (Å²) in [5.41, 5.74) is 2.25. The first-order valence-corrected chi connectivity index (χ1v) is 4.64. The molecule has 2 heteroatoms. The van der Waals surface area contributed by atoms with E-state index in [0.717, 1.165) is 11.1 Å². The molecule has 0 amide bonds. The molecule has 0 aliphatic carbocycles. The molecule has 0 atom stereocenters. The molecule has 2 aromatic rings. The Hall–Kier alpha value is -1.57. The van der Waals surface area contributed by atoms with Crippen molar-refractivity contribution in [3.05, 3.63) is 35.5 Å². The molecule has 0 radical (unpaired) electrons. The molecule has 0 saturated carbocycles. The van der Waals surface area contributed by atoms with Gasteiger partial charge in [0.1, 0.15) is 0 Å². The number of fused-ring (bicyclic) bond motifs is 1. The predicted molar refractivity (Wildman–Crippen MR) is 57.8 cm³/mol. The number of benzene rings is 1. The highest BCUT2D eigenvalue weighted by Gasteiger charge is 2.07. The van der Waals surface area contributed by atoms with Crippen LogP contribution in [0.4, 0.5) is 0 Å². The first kappa shape index (κ1) is 9.00. The van der Waals surface area contributed by atoms with Crippen molar-refractivity contribution in [3.8, 4) is 5.88 Å². The summed E-state index contributed by atoms with van der Waals surface area (Å²) in [4.78, 5) is 4.40. The molecule has 1 heterocycles. The Balaban J connectivity index is 2.89. The fourth-order valence-electron chi connectivity index (χ4n) is 1.64. The molecule has 0 aliphatic heterocycles. The largest absolute Gasteiger partial charge is 0.481 e. The molecule has 0 aliphatic rings. The van der Waals surface area contributed by atoms with Crippen LogP contribution in [0.3, 0.4) is 0 Å². The van der Waals surface area contributed by atoms with Gasteiger partial charge in [0.15, 0.2) is 0 Å². The lowest BCUT2D eigenvalue weighted by atomic mass is 10.1. The molecular weight excluding hydrogens is 174 g/mol. The molecule has 2 nitrogen and oxygen atoms in total. The van der Waals surface area contributed by atoms with Crippen LogP contribution >= 0.6 is 0 Å². The second kappa shape index (κ2) is 3.29. The first-order chi connectivity index (χ1) is 6.74. The van der Waals surface area contributed by atoms with Crippen molar-refractivity contribution in [2.45, 2.75) is 13.8 Å². The van der Waals surface area contributed by atoms with E-state index in [1.807, 2.05) is 25.1 Å². The second-order valence-corrected chi connectivity index (χ2v) is 3.38. The molecule has 0 N–H and O–H groups in total. The predicted octanol–water partition coefficient (Wildman–Crippen LogP) is 2.86. The van der Waals surface area contributed by atoms with Crippen LogP contribution in [0.1, 0.15) is 11.3 Å². The van der Waals surface area contributed by atoms with Crippen molar-refractivity contribution in [2.75, 3.05) is 7.11 Å². The van der Waals surface area contributed by atoms with E-state index < -0.39 is 0 Å². The standard InChI is InChI=1S/C12H13NO/c1-8-9(2)13-12(14-3)11-7-5-4-6-10(8)11/h4-7H,1-3H3. The van der Waals surface area contributed by atoms with E-state index in [1.165, 1.54) is 10.9 Å². The van der Waals surface area contributed by atoms with Crippen molar-refractivity contribution in [1.29, 1.82) is 0 Å². The number of methoxy groups -OCH3 is 1. The summed E-state index contributed by atoms with van der Waals surface area (Å²) < 4.78 is 5.25. The lowest BCUT2D eigenvalue weighted by Crippen LogP contribution is -1.94. The summed E-state index contributed by atoms with van der Waals surface area (Å²) >= 11 is 0. The Labute approximate surface area is 83.5 Å². The Morgan fingerprint density at radius 1 is 1.07 bits per heavy atom. The fourth-order valence-corrected chi connectivity index (χ4v) is 1.64. The summed E-state index contributed by atoms with van der Waals surface area (Å²) in [5.74, 6) is 0.712. The minimum atomic E-state index is 0.712. The Morgan fingerprint density at radius 3 is 2.36 bits per heavy atom. The van der Waals surface area contributed by atoms with Crippen molar-refractivity contribution in [1.82, 2.24) is 4.98 Å². The average Bonchev–Trinajstić information content (AvgIpc) is 2.23. The maximum absolute atomic E-state index is 5.25. The molecule has 0 spiro atoms. The molecule has 0 bridgehead atoms. The minimum absolute atomic E-state index is 0.712. The molecule has 72 valence electrons. The van der Waals surface area contributed by atoms with E-state index in [-0.39, 0.29) is 0 Å². The van der Waals surface area contributed by atoms with E-state index in [2.05, 4.69) is 18.0 Å². The van der Waals surface area contributed by atoms with Crippen LogP contribution in [0.2, 0.25) is 0 Å². The van der Waals surface area contributed by atoms with Gasteiger partial charge in [-0.15, -0.1) is 0 Å². The van der Waals surface area contributed by atoms with E-state index in [1.54, 1.807) is 7.11 Å². The topological polar surface area (TPSA) is 22.1 Å². The average molecular weight is 187 g/mol. The number of ether oxygens (including phenoxy) is 1. The van der Waals surface area contributed by atoms with Crippen LogP contribution in [0.15, 0.2) is 24.3 Å². The van der Waals surface area contributed by atoms with Crippen LogP contribution in [-0.2, 0) is 0 Å². The van der Waals surface area contributed by atoms with E-state index in [4.69, 9.17) is 4.74 Å². The van der Waals surface area contributed by atoms with Gasteiger partial charge in [0, 0.05) is 11.1 Å². The van der Waals surface area contributed by atoms with Crippen molar-refractivity contribution >= 4 is 10.8 Å². The van der Waals surface area contributed by atoms with E-state index in [0.29, 0.717) is 5.88 Å². The van der Waals surface area contributed by atoms with Gasteiger partial charge in [-0.1, -0.05) is 18.2 Å². The van der Waals surface area contributed by atoms with Crippen molar-refractivity contribution < 1.29 is 4.74 Å². The molecule has 2 rings (SSSR count). The highest BCUT2D eigenvalue weighted by atomic mass is 16.5. The van der Waals surface area contributed by atoms with Crippen LogP contribution in [0.5, 0.6) is 5.88 Å². The Morgan fingerprint density at radius 2 is 1.71 bits per heavy atom. The zero-order chi connectivity index (χ0) is 10.1. The Bertz CT molecular complexity index is 477. The fraction of sp³-hybridized carbons (Fsp3) is 0.250. The number of pyridine rings is 1. The number of nitrogens with zero attached hydrogens (tertiary/aromatic N) is 1. The number of aryl methyl sites for hydroxylation is 2. The molecule has 0 unspecified atom stereocenters. The van der Waals surface area contributed by atoms with Gasteiger partial charge in [-0.2, -0.15) is 0 Å². The molecular formula is C12H13NO. The smallest absolute Gasteiger partial charge is 0.221 e. The zero-order valence-corrected chi connectivity index (χ0v) is 8.66. The van der Waals surface area contributed by atoms with Crippen molar-refractivity contribution in [3.63, 3.8) is 0 Å². The van der Waals surface area contributed by atoms with Gasteiger partial charge < -0.3 is 4.74 Å². The quantitative estimate of drug-likeness (QED) is 0.684. The van der Waals surface area contributed by atoms with Crippen molar-refractivity contribution in [2.24, 2.45) is 0 Å². The molecule has 1 aromatic carbocycles. The van der Waals surface area contributed by atoms with E-state index >= 15 is 0 Å². The number of aromatic nitrogens is 1. The summed E-state index contributed by atoms with van der Waals surface area (Å²) in [6.07, 6.45) is 0. The number of rotatable bonds is 1. The third-order valence-corrected chi connectivity index (χ3v) is 2.57. The van der Waals surface area contributed by atoms with Gasteiger partial charge in [0.25, 0.3) is 0 Å². The maximum atomic E-state index is 5.25. The summed E-state index contributed by atoms with van der Waals surface area (Å²) in [5, 5.41) is 2.30. The van der Waals surface area contributed by atoms with E-state index in [9.17, 15) is 0 Å². The van der Waals surface area contributed by atoms with Gasteiger partial charge >= 0.3 is 0 Å². The lowest BCUT2D eigenvalue weighted by Gasteiger charge is -2.09. The van der Waals surface area contributed by atoms with Crippen LogP contribution in [0, 0.1) is 13.8 Å². The Kier molecular flexibility index (Phi) is 2.12. The third-order valence-electron chi connectivity index (χ3n) is 2.57. The normalized spacial score (nSPS) is 10.5. The lowest BCUT2D eigenvalue weighted by molar-refractivity contribution is 0.402. The molecule has 0 saturated heterocycles. The second-order valence-electron chi connectivity index (χ2n) is 3.38. The SMILES string of the molecule is COc1nc(C)c(C)c2ccccc12. The van der Waals surface area contributed by atoms with Crippen LogP contribution < -0.4 is 4.74 Å². The van der Waals surface area contributed by atoms with Gasteiger partial charge in [0.2, 0.25) is 5.88 Å². The van der Waals surface area contributed by atoms with Gasteiger partial charge in [0.05, 0.1) is 7.11 Å². The molecule has 1 aromatic heterocycles.